The van der Waals surface area contributed by atoms with Crippen LogP contribution in [0.4, 0.5) is 0 Å². The Balaban J connectivity index is 1.60. The minimum absolute atomic E-state index is 0.0637. The van der Waals surface area contributed by atoms with Gasteiger partial charge >= 0.3 is 11.7 Å². The molecule has 0 saturated heterocycles. The van der Waals surface area contributed by atoms with E-state index in [1.807, 2.05) is 13.8 Å². The van der Waals surface area contributed by atoms with E-state index in [2.05, 4.69) is 20.9 Å². The Hall–Kier alpha value is -5.14. The van der Waals surface area contributed by atoms with Gasteiger partial charge in [0.05, 0.1) is 30.8 Å². The third-order valence-electron chi connectivity index (χ3n) is 8.53. The highest BCUT2D eigenvalue weighted by molar-refractivity contribution is 5.99. The third-order valence-corrected chi connectivity index (χ3v) is 8.53. The fraction of sp³-hybridized carbons (Fsp3) is 0.471. The van der Waals surface area contributed by atoms with Crippen molar-refractivity contribution in [1.82, 2.24) is 30.4 Å². The molecular formula is C34H44N6O8. The van der Waals surface area contributed by atoms with Gasteiger partial charge in [-0.2, -0.15) is 0 Å². The van der Waals surface area contributed by atoms with Crippen LogP contribution in [-0.4, -0.2) is 90.5 Å². The molecule has 1 aliphatic rings. The largest absolute Gasteiger partial charge is 0.497 e. The molecule has 1 aromatic heterocycles. The smallest absolute Gasteiger partial charge is 0.338 e. The van der Waals surface area contributed by atoms with E-state index in [0.717, 1.165) is 0 Å². The van der Waals surface area contributed by atoms with E-state index in [9.17, 15) is 28.8 Å². The zero-order valence-corrected chi connectivity index (χ0v) is 27.9. The molecule has 2 heterocycles. The van der Waals surface area contributed by atoms with Gasteiger partial charge in [0.2, 0.25) is 11.8 Å². The second kappa shape index (κ2) is 16.6. The van der Waals surface area contributed by atoms with Gasteiger partial charge in [-0.15, -0.1) is 0 Å². The predicted molar refractivity (Wildman–Crippen MR) is 178 cm³/mol. The number of rotatable bonds is 5. The zero-order chi connectivity index (χ0) is 34.8. The van der Waals surface area contributed by atoms with Crippen LogP contribution in [0.3, 0.4) is 0 Å². The van der Waals surface area contributed by atoms with Crippen LogP contribution in [0, 0.1) is 5.92 Å². The molecule has 0 radical (unpaired) electrons. The van der Waals surface area contributed by atoms with Crippen molar-refractivity contribution in [3.63, 3.8) is 0 Å². The average Bonchev–Trinajstić information content (AvgIpc) is 3.41. The number of hydrogen-bond acceptors (Lipinski definition) is 8. The van der Waals surface area contributed by atoms with Crippen LogP contribution < -0.4 is 26.4 Å². The highest BCUT2D eigenvalue weighted by Gasteiger charge is 2.26. The number of nitrogens with one attached hydrogen (secondary N) is 4. The second-order valence-electron chi connectivity index (χ2n) is 11.8. The van der Waals surface area contributed by atoms with Gasteiger partial charge in [-0.1, -0.05) is 20.3 Å². The van der Waals surface area contributed by atoms with E-state index >= 15 is 0 Å². The van der Waals surface area contributed by atoms with Crippen molar-refractivity contribution >= 4 is 40.6 Å². The first kappa shape index (κ1) is 35.7. The number of fused-ring (bicyclic) bond motifs is 1. The van der Waals surface area contributed by atoms with Crippen LogP contribution >= 0.6 is 0 Å². The summed E-state index contributed by atoms with van der Waals surface area (Å²) in [6.45, 7) is 5.10. The molecule has 3 aromatic rings. The lowest BCUT2D eigenvalue weighted by atomic mass is 9.98. The molecule has 1 aliphatic heterocycles. The summed E-state index contributed by atoms with van der Waals surface area (Å²) in [5.41, 5.74) is 1.55. The predicted octanol–water partition coefficient (Wildman–Crippen LogP) is 2.22. The first-order chi connectivity index (χ1) is 23.1. The number of nitrogens with zero attached hydrogens (tertiary/aromatic N) is 2. The Labute approximate surface area is 278 Å². The van der Waals surface area contributed by atoms with E-state index < -0.39 is 17.9 Å². The van der Waals surface area contributed by atoms with E-state index in [0.29, 0.717) is 54.6 Å². The number of methoxy groups -OCH3 is 2. The summed E-state index contributed by atoms with van der Waals surface area (Å²) in [7, 11) is 2.67. The maximum atomic E-state index is 13.8. The molecule has 0 saturated carbocycles. The van der Waals surface area contributed by atoms with Crippen molar-refractivity contribution < 1.29 is 33.4 Å². The number of aromatic amines is 1. The van der Waals surface area contributed by atoms with Crippen molar-refractivity contribution in [2.75, 3.05) is 40.4 Å². The summed E-state index contributed by atoms with van der Waals surface area (Å²) in [6, 6.07) is 8.63. The number of benzene rings is 2. The number of ether oxygens (including phenoxy) is 2. The van der Waals surface area contributed by atoms with Crippen LogP contribution in [0.25, 0.3) is 11.0 Å². The van der Waals surface area contributed by atoms with Crippen molar-refractivity contribution in [2.45, 2.75) is 58.5 Å². The van der Waals surface area contributed by atoms with Crippen LogP contribution in [0.15, 0.2) is 41.2 Å². The Kier molecular flexibility index (Phi) is 12.4. The van der Waals surface area contributed by atoms with Gasteiger partial charge in [-0.05, 0) is 61.6 Å². The normalized spacial score (nSPS) is 17.9. The van der Waals surface area contributed by atoms with Crippen molar-refractivity contribution in [3.05, 3.63) is 63.6 Å². The summed E-state index contributed by atoms with van der Waals surface area (Å²) < 4.78 is 11.7. The highest BCUT2D eigenvalue weighted by atomic mass is 16.5. The summed E-state index contributed by atoms with van der Waals surface area (Å²) in [5.74, 6) is -1.82. The zero-order valence-electron chi connectivity index (χ0n) is 27.9. The topological polar surface area (TPSA) is 181 Å². The number of H-pyrrole nitrogens is 1. The molecule has 14 heteroatoms. The monoisotopic (exact) mass is 664 g/mol. The lowest BCUT2D eigenvalue weighted by Crippen LogP contribution is -2.50. The fourth-order valence-corrected chi connectivity index (χ4v) is 5.60. The molecule has 4 N–H and O–H groups in total. The molecule has 48 heavy (non-hydrogen) atoms. The molecule has 0 unspecified atom stereocenters. The van der Waals surface area contributed by atoms with Crippen molar-refractivity contribution in [2.24, 2.45) is 5.92 Å². The van der Waals surface area contributed by atoms with E-state index in [4.69, 9.17) is 9.47 Å². The van der Waals surface area contributed by atoms with E-state index in [1.165, 1.54) is 37.0 Å². The molecule has 2 atom stereocenters. The highest BCUT2D eigenvalue weighted by Crippen LogP contribution is 2.20. The summed E-state index contributed by atoms with van der Waals surface area (Å²) in [4.78, 5) is 82.4. The molecular weight excluding hydrogens is 620 g/mol. The van der Waals surface area contributed by atoms with Crippen molar-refractivity contribution in [1.29, 1.82) is 0 Å². The molecule has 2 aromatic carbocycles. The Morgan fingerprint density at radius 1 is 0.917 bits per heavy atom. The molecule has 258 valence electrons. The van der Waals surface area contributed by atoms with Gasteiger partial charge in [0, 0.05) is 50.3 Å². The number of carbonyl (C=O) groups is 5. The first-order valence-corrected chi connectivity index (χ1v) is 16.2. The number of carbonyl (C=O) groups excluding carboxylic acids is 5. The van der Waals surface area contributed by atoms with Gasteiger partial charge in [0.25, 0.3) is 11.8 Å². The van der Waals surface area contributed by atoms with Crippen LogP contribution in [0.1, 0.15) is 77.0 Å². The SMILES string of the molecule is CC[C@H](C)[C@@H]1NC(=O)CCCN(C(=O)c2cc(OC)cc(C(=O)OC)c2)CCCNC(=O)c2ccc3[nH]c(=O)n(c3c2)CCCNC1=O. The molecule has 0 fully saturated rings. The summed E-state index contributed by atoms with van der Waals surface area (Å²) in [6.07, 6.45) is 1.88. The second-order valence-corrected chi connectivity index (χ2v) is 11.8. The molecule has 14 nitrogen and oxygen atoms in total. The minimum Gasteiger partial charge on any atom is -0.497 e. The van der Waals surface area contributed by atoms with E-state index in [1.54, 1.807) is 23.1 Å². The number of hydrogen-bond donors (Lipinski definition) is 4. The summed E-state index contributed by atoms with van der Waals surface area (Å²) in [5, 5.41) is 8.63. The van der Waals surface area contributed by atoms with E-state index in [-0.39, 0.29) is 73.1 Å². The van der Waals surface area contributed by atoms with Crippen LogP contribution in [0.2, 0.25) is 0 Å². The van der Waals surface area contributed by atoms with Gasteiger partial charge < -0.3 is 35.3 Å². The summed E-state index contributed by atoms with van der Waals surface area (Å²) >= 11 is 0. The van der Waals surface area contributed by atoms with Crippen molar-refractivity contribution in [3.8, 4) is 5.75 Å². The molecule has 4 amide bonds. The lowest BCUT2D eigenvalue weighted by molar-refractivity contribution is -0.130. The van der Waals surface area contributed by atoms with Gasteiger partial charge in [0.1, 0.15) is 11.8 Å². The molecule has 2 bridgehead atoms. The Bertz CT molecular complexity index is 1710. The average molecular weight is 665 g/mol. The number of esters is 1. The number of imidazole rings is 1. The van der Waals surface area contributed by atoms with Gasteiger partial charge in [-0.3, -0.25) is 23.7 Å². The van der Waals surface area contributed by atoms with Crippen LogP contribution in [0.5, 0.6) is 5.75 Å². The third kappa shape index (κ3) is 8.81. The maximum Gasteiger partial charge on any atom is 0.338 e. The Morgan fingerprint density at radius 3 is 2.35 bits per heavy atom. The standard InChI is InChI=1S/C34H44N6O8/c1-5-21(2)29-31(43)36-13-8-16-40-27-20-22(10-11-26(27)37-34(40)46)30(42)35-12-7-15-39(14-6-9-28(41)38-29)32(44)23-17-24(33(45)48-4)19-25(18-23)47-3/h10-11,17-21,29H,5-9,12-16H2,1-4H3,(H,35,42)(H,36,43)(H,37,46)(H,38,41)/t21-,29-/m0/s1. The van der Waals surface area contributed by atoms with Crippen LogP contribution in [-0.2, 0) is 20.9 Å². The van der Waals surface area contributed by atoms with Gasteiger partial charge in [-0.25, -0.2) is 9.59 Å². The molecule has 4 rings (SSSR count). The Morgan fingerprint density at radius 2 is 1.62 bits per heavy atom. The maximum absolute atomic E-state index is 13.8. The fourth-order valence-electron chi connectivity index (χ4n) is 5.60. The molecule has 0 aliphatic carbocycles. The minimum atomic E-state index is -0.752. The first-order valence-electron chi connectivity index (χ1n) is 16.2. The quantitative estimate of drug-likeness (QED) is 0.300. The number of amides is 4. The lowest BCUT2D eigenvalue weighted by Gasteiger charge is -2.25. The van der Waals surface area contributed by atoms with Gasteiger partial charge in [0.15, 0.2) is 0 Å². The molecule has 0 spiro atoms. The number of aryl methyl sites for hydroxylation is 1. The number of aromatic nitrogens is 2.